The summed E-state index contributed by atoms with van der Waals surface area (Å²) in [5.74, 6) is 1.73. The second kappa shape index (κ2) is 8.20. The lowest BCUT2D eigenvalue weighted by Crippen LogP contribution is -2.55. The molecule has 2 aromatic heterocycles. The number of hydrogen-bond acceptors (Lipinski definition) is 7. The third-order valence-electron chi connectivity index (χ3n) is 5.87. The van der Waals surface area contributed by atoms with Gasteiger partial charge in [0.05, 0.1) is 4.70 Å². The van der Waals surface area contributed by atoms with Gasteiger partial charge in [-0.25, -0.2) is 4.98 Å². The molecule has 2 unspecified atom stereocenters. The number of rotatable bonds is 6. The van der Waals surface area contributed by atoms with E-state index in [1.54, 1.807) is 13.1 Å². The molecule has 2 fully saturated rings. The molecule has 0 radical (unpaired) electrons. The van der Waals surface area contributed by atoms with Crippen molar-refractivity contribution >= 4 is 27.6 Å². The molecule has 2 aliphatic rings. The van der Waals surface area contributed by atoms with Crippen molar-refractivity contribution in [2.24, 2.45) is 0 Å². The van der Waals surface area contributed by atoms with Gasteiger partial charge in [0, 0.05) is 44.8 Å². The molecule has 0 saturated carbocycles. The van der Waals surface area contributed by atoms with Gasteiger partial charge in [-0.2, -0.15) is 4.98 Å². The number of benzene rings is 1. The standard InChI is InChI=1S/C22H24N4O3S/c1-15(27)25-13-16-4-5-17(14-25)26(16)11-12-28-18-6-8-19(9-7-18)29-22-24-21-20(30-22)3-2-10-23-21/h2-3,6-10,16-17H,4-5,11-14H2,1H3. The van der Waals surface area contributed by atoms with Gasteiger partial charge in [-0.15, -0.1) is 0 Å². The van der Waals surface area contributed by atoms with E-state index in [4.69, 9.17) is 9.47 Å². The average Bonchev–Trinajstić information content (AvgIpc) is 3.25. The minimum Gasteiger partial charge on any atom is -0.492 e. The molecule has 3 aromatic rings. The number of thiazole rings is 1. The van der Waals surface area contributed by atoms with Crippen LogP contribution in [0.3, 0.4) is 0 Å². The first kappa shape index (κ1) is 19.3. The van der Waals surface area contributed by atoms with E-state index in [0.717, 1.165) is 35.8 Å². The number of hydrogen-bond donors (Lipinski definition) is 0. The van der Waals surface area contributed by atoms with Crippen molar-refractivity contribution in [2.45, 2.75) is 31.8 Å². The fraction of sp³-hybridized carbons (Fsp3) is 0.409. The van der Waals surface area contributed by atoms with Crippen LogP contribution in [0.25, 0.3) is 10.3 Å². The Kier molecular flexibility index (Phi) is 5.26. The fourth-order valence-corrected chi connectivity index (χ4v) is 5.17. The summed E-state index contributed by atoms with van der Waals surface area (Å²) < 4.78 is 12.8. The molecule has 4 heterocycles. The summed E-state index contributed by atoms with van der Waals surface area (Å²) in [4.78, 5) is 24.8. The van der Waals surface area contributed by atoms with Gasteiger partial charge in [0.2, 0.25) is 5.91 Å². The molecule has 2 atom stereocenters. The minimum absolute atomic E-state index is 0.187. The zero-order valence-electron chi connectivity index (χ0n) is 16.9. The zero-order chi connectivity index (χ0) is 20.5. The number of carbonyl (C=O) groups excluding carboxylic acids is 1. The molecule has 30 heavy (non-hydrogen) atoms. The lowest BCUT2D eigenvalue weighted by Gasteiger charge is -2.40. The molecule has 2 aliphatic heterocycles. The molecule has 156 valence electrons. The van der Waals surface area contributed by atoms with E-state index in [9.17, 15) is 4.79 Å². The number of piperazine rings is 1. The first-order chi connectivity index (χ1) is 14.7. The van der Waals surface area contributed by atoms with E-state index in [2.05, 4.69) is 14.9 Å². The van der Waals surface area contributed by atoms with Crippen molar-refractivity contribution in [3.8, 4) is 16.7 Å². The number of amides is 1. The molecule has 1 amide bonds. The topological polar surface area (TPSA) is 67.8 Å². The van der Waals surface area contributed by atoms with Gasteiger partial charge in [0.25, 0.3) is 5.19 Å². The van der Waals surface area contributed by atoms with Crippen molar-refractivity contribution in [1.29, 1.82) is 0 Å². The summed E-state index contributed by atoms with van der Waals surface area (Å²) in [5.41, 5.74) is 0.704. The monoisotopic (exact) mass is 424 g/mol. The zero-order valence-corrected chi connectivity index (χ0v) is 17.7. The number of likely N-dealkylation sites (tertiary alicyclic amines) is 1. The van der Waals surface area contributed by atoms with Gasteiger partial charge in [-0.1, -0.05) is 11.3 Å². The van der Waals surface area contributed by atoms with Crippen LogP contribution in [0.2, 0.25) is 0 Å². The lowest BCUT2D eigenvalue weighted by molar-refractivity contribution is -0.132. The van der Waals surface area contributed by atoms with Gasteiger partial charge in [-0.05, 0) is 49.2 Å². The van der Waals surface area contributed by atoms with E-state index in [1.165, 1.54) is 24.2 Å². The van der Waals surface area contributed by atoms with Crippen molar-refractivity contribution in [1.82, 2.24) is 19.8 Å². The number of nitrogens with zero attached hydrogens (tertiary/aromatic N) is 4. The smallest absolute Gasteiger partial charge is 0.281 e. The van der Waals surface area contributed by atoms with Crippen LogP contribution < -0.4 is 9.47 Å². The Bertz CT molecular complexity index is 991. The van der Waals surface area contributed by atoms with Gasteiger partial charge >= 0.3 is 0 Å². The third-order valence-corrected chi connectivity index (χ3v) is 6.76. The SMILES string of the molecule is CC(=O)N1CC2CCC(C1)N2CCOc1ccc(Oc2nc3ncccc3s2)cc1. The lowest BCUT2D eigenvalue weighted by atomic mass is 10.2. The van der Waals surface area contributed by atoms with Crippen LogP contribution >= 0.6 is 11.3 Å². The van der Waals surface area contributed by atoms with Gasteiger partial charge in [0.1, 0.15) is 18.1 Å². The Morgan fingerprint density at radius 1 is 1.13 bits per heavy atom. The van der Waals surface area contributed by atoms with Crippen molar-refractivity contribution in [3.63, 3.8) is 0 Å². The molecule has 0 aliphatic carbocycles. The Morgan fingerprint density at radius 3 is 2.57 bits per heavy atom. The summed E-state index contributed by atoms with van der Waals surface area (Å²) in [6.07, 6.45) is 4.07. The Hall–Kier alpha value is -2.71. The van der Waals surface area contributed by atoms with Gasteiger partial charge in [-0.3, -0.25) is 9.69 Å². The highest BCUT2D eigenvalue weighted by molar-refractivity contribution is 7.20. The number of carbonyl (C=O) groups is 1. The Balaban J connectivity index is 1.13. The van der Waals surface area contributed by atoms with Crippen LogP contribution in [-0.2, 0) is 4.79 Å². The van der Waals surface area contributed by atoms with Crippen LogP contribution in [0.5, 0.6) is 16.7 Å². The maximum atomic E-state index is 11.7. The Morgan fingerprint density at radius 2 is 1.87 bits per heavy atom. The van der Waals surface area contributed by atoms with Gasteiger partial charge in [0.15, 0.2) is 5.65 Å². The van der Waals surface area contributed by atoms with Gasteiger partial charge < -0.3 is 14.4 Å². The van der Waals surface area contributed by atoms with E-state index >= 15 is 0 Å². The first-order valence-electron chi connectivity index (χ1n) is 10.3. The minimum atomic E-state index is 0.187. The maximum absolute atomic E-state index is 11.7. The molecule has 0 N–H and O–H groups in total. The highest BCUT2D eigenvalue weighted by atomic mass is 32.1. The molecule has 8 heteroatoms. The van der Waals surface area contributed by atoms with E-state index < -0.39 is 0 Å². The fourth-order valence-electron chi connectivity index (χ4n) is 4.38. The summed E-state index contributed by atoms with van der Waals surface area (Å²) >= 11 is 1.48. The summed E-state index contributed by atoms with van der Waals surface area (Å²) in [7, 11) is 0. The van der Waals surface area contributed by atoms with Crippen LogP contribution in [-0.4, -0.2) is 64.0 Å². The largest absolute Gasteiger partial charge is 0.492 e. The van der Waals surface area contributed by atoms with Crippen molar-refractivity contribution in [3.05, 3.63) is 42.6 Å². The second-order valence-corrected chi connectivity index (χ2v) is 8.77. The molecule has 2 bridgehead atoms. The number of pyridine rings is 1. The average molecular weight is 425 g/mol. The third kappa shape index (κ3) is 3.97. The van der Waals surface area contributed by atoms with Crippen molar-refractivity contribution in [2.75, 3.05) is 26.2 Å². The highest BCUT2D eigenvalue weighted by Crippen LogP contribution is 2.32. The second-order valence-electron chi connectivity index (χ2n) is 7.77. The van der Waals surface area contributed by atoms with Crippen LogP contribution in [0.1, 0.15) is 19.8 Å². The normalized spacial score (nSPS) is 21.2. The maximum Gasteiger partial charge on any atom is 0.281 e. The molecule has 1 aromatic carbocycles. The quantitative estimate of drug-likeness (QED) is 0.603. The number of aromatic nitrogens is 2. The van der Waals surface area contributed by atoms with E-state index in [1.807, 2.05) is 41.3 Å². The molecular weight excluding hydrogens is 400 g/mol. The molecular formula is C22H24N4O3S. The summed E-state index contributed by atoms with van der Waals surface area (Å²) in [6, 6.07) is 12.4. The van der Waals surface area contributed by atoms with Crippen molar-refractivity contribution < 1.29 is 14.3 Å². The molecule has 7 nitrogen and oxygen atoms in total. The number of fused-ring (bicyclic) bond motifs is 3. The summed E-state index contributed by atoms with van der Waals surface area (Å²) in [6.45, 7) is 4.88. The predicted octanol–water partition coefficient (Wildman–Crippen LogP) is 3.56. The first-order valence-corrected chi connectivity index (χ1v) is 11.1. The molecule has 2 saturated heterocycles. The molecule has 0 spiro atoms. The van der Waals surface area contributed by atoms with E-state index in [-0.39, 0.29) is 5.91 Å². The summed E-state index contributed by atoms with van der Waals surface area (Å²) in [5, 5.41) is 0.581. The van der Waals surface area contributed by atoms with Crippen LogP contribution in [0.4, 0.5) is 0 Å². The number of ether oxygens (including phenoxy) is 2. The molecule has 5 rings (SSSR count). The van der Waals surface area contributed by atoms with E-state index in [0.29, 0.717) is 29.5 Å². The highest BCUT2D eigenvalue weighted by Gasteiger charge is 2.40. The Labute approximate surface area is 179 Å². The van der Waals surface area contributed by atoms with Crippen LogP contribution in [0.15, 0.2) is 42.6 Å². The predicted molar refractivity (Wildman–Crippen MR) is 115 cm³/mol. The van der Waals surface area contributed by atoms with Crippen LogP contribution in [0, 0.1) is 0 Å².